The molecule has 0 aromatic heterocycles. The van der Waals surface area contributed by atoms with Crippen molar-refractivity contribution in [2.75, 3.05) is 7.11 Å². The summed E-state index contributed by atoms with van der Waals surface area (Å²) in [6.45, 7) is 3.76. The smallest absolute Gasteiger partial charge is 0.106 e. The Morgan fingerprint density at radius 3 is 2.92 bits per heavy atom. The second kappa shape index (κ2) is 10.0. The van der Waals surface area contributed by atoms with Crippen LogP contribution < -0.4 is 0 Å². The van der Waals surface area contributed by atoms with Gasteiger partial charge in [0, 0.05) is 12.8 Å². The summed E-state index contributed by atoms with van der Waals surface area (Å²) in [4.78, 5) is 4.48. The predicted octanol–water partition coefficient (Wildman–Crippen LogP) is 2.41. The average Bonchev–Trinajstić information content (AvgIpc) is 2.10. The summed E-state index contributed by atoms with van der Waals surface area (Å²) in [6, 6.07) is 0. The van der Waals surface area contributed by atoms with Gasteiger partial charge in [-0.2, -0.15) is 0 Å². The highest BCUT2D eigenvalue weighted by Crippen LogP contribution is 1.96. The number of oxime groups is 1. The fourth-order valence-corrected chi connectivity index (χ4v) is 0.708. The minimum atomic E-state index is 0.679. The molecule has 12 heavy (non-hydrogen) atoms. The molecule has 0 aromatic carbocycles. The Labute approximate surface area is 75.0 Å². The van der Waals surface area contributed by atoms with Crippen LogP contribution in [0.15, 0.2) is 5.16 Å². The van der Waals surface area contributed by atoms with Gasteiger partial charge in [-0.3, -0.25) is 0 Å². The zero-order chi connectivity index (χ0) is 9.07. The second-order valence-corrected chi connectivity index (χ2v) is 2.34. The third-order valence-electron chi connectivity index (χ3n) is 1.30. The zero-order valence-electron chi connectivity index (χ0n) is 7.68. The topological polar surface area (TPSA) is 21.6 Å². The summed E-state index contributed by atoms with van der Waals surface area (Å²) < 4.78 is 0. The number of unbranched alkanes of at least 4 members (excludes halogenated alkanes) is 3. The van der Waals surface area contributed by atoms with E-state index in [0.717, 1.165) is 19.3 Å². The van der Waals surface area contributed by atoms with Gasteiger partial charge < -0.3 is 4.84 Å². The van der Waals surface area contributed by atoms with Crippen LogP contribution in [0.1, 0.15) is 32.1 Å². The first kappa shape index (κ1) is 11.0. The fraction of sp³-hybridized carbons (Fsp3) is 0.600. The quantitative estimate of drug-likeness (QED) is 0.266. The summed E-state index contributed by atoms with van der Waals surface area (Å²) in [7, 11) is 1.53. The highest BCUT2D eigenvalue weighted by molar-refractivity contribution is 5.60. The summed E-state index contributed by atoms with van der Waals surface area (Å²) >= 11 is 0. The molecule has 0 spiro atoms. The number of rotatable bonds is 5. The van der Waals surface area contributed by atoms with Gasteiger partial charge in [0.1, 0.15) is 7.11 Å². The maximum Gasteiger partial charge on any atom is 0.106 e. The lowest BCUT2D eigenvalue weighted by molar-refractivity contribution is 0.215. The van der Waals surface area contributed by atoms with Crippen molar-refractivity contribution >= 4 is 6.21 Å². The molecular formula is C10H16NO. The summed E-state index contributed by atoms with van der Waals surface area (Å²) in [5, 5.41) is 3.57. The highest BCUT2D eigenvalue weighted by Gasteiger charge is 1.79. The van der Waals surface area contributed by atoms with E-state index in [0.29, 0.717) is 6.42 Å². The van der Waals surface area contributed by atoms with Gasteiger partial charge in [0.05, 0.1) is 6.21 Å². The van der Waals surface area contributed by atoms with E-state index in [1.807, 2.05) is 0 Å². The van der Waals surface area contributed by atoms with E-state index in [4.69, 9.17) is 0 Å². The number of hydrogen-bond donors (Lipinski definition) is 0. The monoisotopic (exact) mass is 166 g/mol. The highest BCUT2D eigenvalue weighted by atomic mass is 16.6. The van der Waals surface area contributed by atoms with Crippen LogP contribution in [0.25, 0.3) is 0 Å². The molecule has 0 bridgehead atoms. The Balaban J connectivity index is 3.17. The van der Waals surface area contributed by atoms with E-state index in [9.17, 15) is 0 Å². The molecule has 0 aromatic rings. The van der Waals surface area contributed by atoms with Crippen LogP contribution in [-0.4, -0.2) is 13.3 Å². The van der Waals surface area contributed by atoms with E-state index in [2.05, 4.69) is 28.8 Å². The molecule has 2 heteroatoms. The Hall–Kier alpha value is -0.970. The van der Waals surface area contributed by atoms with E-state index >= 15 is 0 Å². The summed E-state index contributed by atoms with van der Waals surface area (Å²) in [6.07, 6.45) is 6.63. The van der Waals surface area contributed by atoms with Gasteiger partial charge in [-0.1, -0.05) is 30.8 Å². The van der Waals surface area contributed by atoms with E-state index in [1.165, 1.54) is 13.5 Å². The Bertz CT molecular complexity index is 164. The standard InChI is InChI=1S/C10H16NO/c1-3-4-5-6-7-8-9-10-11-12-2/h10H,1,3-6,9H2,2H3. The molecule has 0 N–H and O–H groups in total. The average molecular weight is 166 g/mol. The first-order valence-electron chi connectivity index (χ1n) is 4.21. The SMILES string of the molecule is [CH2]CCCCC#CCC=NOC. The molecule has 0 unspecified atom stereocenters. The van der Waals surface area contributed by atoms with Gasteiger partial charge in [-0.15, -0.1) is 5.92 Å². The molecule has 0 amide bonds. The van der Waals surface area contributed by atoms with Crippen molar-refractivity contribution in [1.29, 1.82) is 0 Å². The van der Waals surface area contributed by atoms with Crippen molar-refractivity contribution in [3.8, 4) is 11.8 Å². The molecule has 0 saturated heterocycles. The Morgan fingerprint density at radius 1 is 1.42 bits per heavy atom. The maximum absolute atomic E-state index is 4.48. The van der Waals surface area contributed by atoms with Gasteiger partial charge in [-0.25, -0.2) is 0 Å². The summed E-state index contributed by atoms with van der Waals surface area (Å²) in [5.41, 5.74) is 0. The van der Waals surface area contributed by atoms with Crippen molar-refractivity contribution in [3.05, 3.63) is 6.92 Å². The third kappa shape index (κ3) is 9.03. The van der Waals surface area contributed by atoms with Crippen LogP contribution in [0.5, 0.6) is 0 Å². The van der Waals surface area contributed by atoms with Crippen molar-refractivity contribution in [3.63, 3.8) is 0 Å². The third-order valence-corrected chi connectivity index (χ3v) is 1.30. The second-order valence-electron chi connectivity index (χ2n) is 2.34. The van der Waals surface area contributed by atoms with Crippen LogP contribution in [0.2, 0.25) is 0 Å². The minimum absolute atomic E-state index is 0.679. The molecule has 0 atom stereocenters. The molecule has 67 valence electrons. The molecule has 1 radical (unpaired) electrons. The minimum Gasteiger partial charge on any atom is -0.399 e. The van der Waals surface area contributed by atoms with E-state index in [-0.39, 0.29) is 0 Å². The molecule has 0 fully saturated rings. The predicted molar refractivity (Wildman–Crippen MR) is 51.7 cm³/mol. The Morgan fingerprint density at radius 2 is 2.25 bits per heavy atom. The van der Waals surface area contributed by atoms with Crippen molar-refractivity contribution in [2.45, 2.75) is 32.1 Å². The molecule has 0 aliphatic rings. The molecule has 0 aliphatic heterocycles. The lowest BCUT2D eigenvalue weighted by Crippen LogP contribution is -1.74. The van der Waals surface area contributed by atoms with Crippen molar-refractivity contribution in [1.82, 2.24) is 0 Å². The van der Waals surface area contributed by atoms with E-state index in [1.54, 1.807) is 6.21 Å². The normalized spacial score (nSPS) is 9.50. The number of nitrogens with zero attached hydrogens (tertiary/aromatic N) is 1. The lowest BCUT2D eigenvalue weighted by Gasteiger charge is -1.87. The first-order chi connectivity index (χ1) is 5.91. The van der Waals surface area contributed by atoms with Crippen molar-refractivity contribution in [2.24, 2.45) is 5.16 Å². The van der Waals surface area contributed by atoms with Gasteiger partial charge >= 0.3 is 0 Å². The van der Waals surface area contributed by atoms with Crippen LogP contribution in [0.4, 0.5) is 0 Å². The lowest BCUT2D eigenvalue weighted by atomic mass is 10.2. The Kier molecular flexibility index (Phi) is 9.22. The molecular weight excluding hydrogens is 150 g/mol. The van der Waals surface area contributed by atoms with Crippen LogP contribution in [0.3, 0.4) is 0 Å². The molecule has 0 heterocycles. The van der Waals surface area contributed by atoms with E-state index < -0.39 is 0 Å². The molecule has 0 saturated carbocycles. The maximum atomic E-state index is 4.48. The van der Waals surface area contributed by atoms with Crippen LogP contribution >= 0.6 is 0 Å². The molecule has 0 aliphatic carbocycles. The van der Waals surface area contributed by atoms with Gasteiger partial charge in [0.25, 0.3) is 0 Å². The van der Waals surface area contributed by atoms with Crippen LogP contribution in [-0.2, 0) is 4.84 Å². The van der Waals surface area contributed by atoms with Crippen LogP contribution in [0, 0.1) is 18.8 Å². The van der Waals surface area contributed by atoms with Crippen molar-refractivity contribution < 1.29 is 4.84 Å². The largest absolute Gasteiger partial charge is 0.399 e. The van der Waals surface area contributed by atoms with Gasteiger partial charge in [-0.05, 0) is 6.42 Å². The zero-order valence-corrected chi connectivity index (χ0v) is 7.68. The molecule has 0 rings (SSSR count). The first-order valence-corrected chi connectivity index (χ1v) is 4.21. The van der Waals surface area contributed by atoms with Gasteiger partial charge in [0.15, 0.2) is 0 Å². The summed E-state index contributed by atoms with van der Waals surface area (Å²) in [5.74, 6) is 6.03. The molecule has 2 nitrogen and oxygen atoms in total. The van der Waals surface area contributed by atoms with Gasteiger partial charge in [0.2, 0.25) is 0 Å². The number of hydrogen-bond acceptors (Lipinski definition) is 2. The fourth-order valence-electron chi connectivity index (χ4n) is 0.708.